The Kier molecular flexibility index (Phi) is 3.89. The number of aryl methyl sites for hydroxylation is 1. The first-order valence-corrected chi connectivity index (χ1v) is 5.03. The van der Waals surface area contributed by atoms with Crippen molar-refractivity contribution < 1.29 is 9.32 Å². The van der Waals surface area contributed by atoms with Crippen LogP contribution in [0.1, 0.15) is 16.1 Å². The van der Waals surface area contributed by atoms with Crippen molar-refractivity contribution in [3.8, 4) is 0 Å². The second-order valence-corrected chi connectivity index (χ2v) is 3.90. The quantitative estimate of drug-likeness (QED) is 0.758. The molecular weight excluding hydrogens is 210 g/mol. The van der Waals surface area contributed by atoms with Gasteiger partial charge in [-0.2, -0.15) is 0 Å². The second-order valence-electron chi connectivity index (χ2n) is 3.90. The monoisotopic (exact) mass is 227 g/mol. The number of nitrogens with one attached hydrogen (secondary N) is 1. The van der Waals surface area contributed by atoms with Crippen molar-refractivity contribution in [1.82, 2.24) is 15.0 Å². The molecule has 1 heterocycles. The van der Waals surface area contributed by atoms with E-state index in [9.17, 15) is 9.59 Å². The normalized spacial score (nSPS) is 10.8. The predicted octanol–water partition coefficient (Wildman–Crippen LogP) is -0.422. The highest BCUT2D eigenvalue weighted by atomic mass is 16.5. The third-order valence-electron chi connectivity index (χ3n) is 2.33. The summed E-state index contributed by atoms with van der Waals surface area (Å²) in [6, 6.07) is 0. The lowest BCUT2D eigenvalue weighted by Crippen LogP contribution is -2.33. The highest BCUT2D eigenvalue weighted by Gasteiger charge is 2.18. The minimum Gasteiger partial charge on any atom is -0.350 e. The smallest absolute Gasteiger partial charge is 0.350 e. The molecule has 6 heteroatoms. The lowest BCUT2D eigenvalue weighted by Gasteiger charge is -2.09. The Morgan fingerprint density at radius 2 is 2.12 bits per heavy atom. The molecule has 0 unspecified atom stereocenters. The van der Waals surface area contributed by atoms with Gasteiger partial charge >= 0.3 is 5.63 Å². The van der Waals surface area contributed by atoms with Crippen molar-refractivity contribution in [2.75, 3.05) is 27.2 Å². The maximum atomic E-state index is 11.7. The van der Waals surface area contributed by atoms with Gasteiger partial charge in [-0.25, -0.2) is 9.53 Å². The van der Waals surface area contributed by atoms with Gasteiger partial charge in [0.05, 0.1) is 5.69 Å². The summed E-state index contributed by atoms with van der Waals surface area (Å²) in [5.41, 5.74) is 0.0240. The summed E-state index contributed by atoms with van der Waals surface area (Å²) in [4.78, 5) is 25.0. The minimum atomic E-state index is -0.595. The lowest BCUT2D eigenvalue weighted by molar-refractivity contribution is 0.0948. The maximum absolute atomic E-state index is 11.7. The zero-order valence-corrected chi connectivity index (χ0v) is 10.0. The molecule has 1 aromatic rings. The van der Waals surface area contributed by atoms with E-state index in [1.54, 1.807) is 14.0 Å². The number of carbonyl (C=O) groups is 1. The van der Waals surface area contributed by atoms with E-state index in [0.717, 1.165) is 6.54 Å². The van der Waals surface area contributed by atoms with E-state index in [1.165, 1.54) is 4.74 Å². The van der Waals surface area contributed by atoms with Gasteiger partial charge in [0.15, 0.2) is 0 Å². The van der Waals surface area contributed by atoms with E-state index in [1.807, 2.05) is 19.0 Å². The van der Waals surface area contributed by atoms with Crippen LogP contribution in [0, 0.1) is 6.92 Å². The van der Waals surface area contributed by atoms with Crippen LogP contribution in [0.2, 0.25) is 0 Å². The molecule has 0 aliphatic rings. The number of amides is 1. The number of hydrogen-bond acceptors (Lipinski definition) is 4. The number of nitrogens with zero attached hydrogens (tertiary/aromatic N) is 2. The Bertz CT molecular complexity index is 431. The highest BCUT2D eigenvalue weighted by molar-refractivity contribution is 5.94. The largest absolute Gasteiger partial charge is 0.370 e. The predicted molar refractivity (Wildman–Crippen MR) is 59.6 cm³/mol. The van der Waals surface area contributed by atoms with Gasteiger partial charge in [0, 0.05) is 20.1 Å². The van der Waals surface area contributed by atoms with E-state index >= 15 is 0 Å². The van der Waals surface area contributed by atoms with Gasteiger partial charge in [0.1, 0.15) is 5.56 Å². The molecule has 6 nitrogen and oxygen atoms in total. The fourth-order valence-corrected chi connectivity index (χ4v) is 1.28. The van der Waals surface area contributed by atoms with Gasteiger partial charge in [0.25, 0.3) is 5.91 Å². The van der Waals surface area contributed by atoms with E-state index < -0.39 is 5.63 Å². The van der Waals surface area contributed by atoms with E-state index in [2.05, 4.69) is 5.32 Å². The lowest BCUT2D eigenvalue weighted by atomic mass is 10.2. The molecule has 0 fully saturated rings. The molecule has 0 saturated heterocycles. The van der Waals surface area contributed by atoms with Crippen LogP contribution >= 0.6 is 0 Å². The van der Waals surface area contributed by atoms with Crippen molar-refractivity contribution in [3.05, 3.63) is 21.7 Å². The molecule has 0 radical (unpaired) electrons. The molecule has 0 bridgehead atoms. The Morgan fingerprint density at radius 3 is 2.56 bits per heavy atom. The van der Waals surface area contributed by atoms with Crippen molar-refractivity contribution in [2.45, 2.75) is 6.92 Å². The van der Waals surface area contributed by atoms with Crippen molar-refractivity contribution in [3.63, 3.8) is 0 Å². The summed E-state index contributed by atoms with van der Waals surface area (Å²) < 4.78 is 6.08. The average molecular weight is 227 g/mol. The molecule has 1 amide bonds. The third-order valence-corrected chi connectivity index (χ3v) is 2.33. The SMILES string of the molecule is Cc1c(C(=O)NCCN(C)C)c(=O)on1C. The summed E-state index contributed by atoms with van der Waals surface area (Å²) >= 11 is 0. The molecule has 0 aliphatic carbocycles. The van der Waals surface area contributed by atoms with Gasteiger partial charge in [-0.1, -0.05) is 0 Å². The van der Waals surface area contributed by atoms with Crippen LogP contribution in [0.3, 0.4) is 0 Å². The third kappa shape index (κ3) is 2.73. The zero-order valence-electron chi connectivity index (χ0n) is 10.0. The fourth-order valence-electron chi connectivity index (χ4n) is 1.28. The van der Waals surface area contributed by atoms with E-state index in [4.69, 9.17) is 4.52 Å². The Morgan fingerprint density at radius 1 is 1.50 bits per heavy atom. The number of hydrogen-bond donors (Lipinski definition) is 1. The summed E-state index contributed by atoms with van der Waals surface area (Å²) in [5.74, 6) is -0.381. The van der Waals surface area contributed by atoms with Crippen molar-refractivity contribution in [1.29, 1.82) is 0 Å². The number of rotatable bonds is 4. The fraction of sp³-hybridized carbons (Fsp3) is 0.600. The van der Waals surface area contributed by atoms with E-state index in [0.29, 0.717) is 12.2 Å². The molecule has 0 saturated carbocycles. The molecule has 90 valence electrons. The summed E-state index contributed by atoms with van der Waals surface area (Å²) in [6.07, 6.45) is 0. The Hall–Kier alpha value is -1.56. The van der Waals surface area contributed by atoms with Crippen LogP contribution in [0.4, 0.5) is 0 Å². The summed E-state index contributed by atoms with van der Waals surface area (Å²) in [6.45, 7) is 2.90. The molecule has 0 aliphatic heterocycles. The maximum Gasteiger partial charge on any atom is 0.370 e. The number of carbonyl (C=O) groups excluding carboxylic acids is 1. The standard InChI is InChI=1S/C10H17N3O3/c1-7-8(10(15)16-13(7)4)9(14)11-5-6-12(2)3/h5-6H2,1-4H3,(H,11,14). The van der Waals surface area contributed by atoms with Crippen molar-refractivity contribution in [2.24, 2.45) is 7.05 Å². The Labute approximate surface area is 93.8 Å². The van der Waals surface area contributed by atoms with Gasteiger partial charge in [-0.3, -0.25) is 4.79 Å². The first kappa shape index (κ1) is 12.5. The van der Waals surface area contributed by atoms with Crippen LogP contribution in [0.5, 0.6) is 0 Å². The minimum absolute atomic E-state index is 0.0845. The average Bonchev–Trinajstić information content (AvgIpc) is 2.40. The van der Waals surface area contributed by atoms with Crippen LogP contribution in [0.25, 0.3) is 0 Å². The molecule has 0 atom stereocenters. The first-order chi connectivity index (χ1) is 7.43. The molecule has 1 aromatic heterocycles. The number of likely N-dealkylation sites (N-methyl/N-ethyl adjacent to an activating group) is 1. The van der Waals surface area contributed by atoms with Crippen LogP contribution < -0.4 is 10.9 Å². The topological polar surface area (TPSA) is 67.5 Å². The molecular formula is C10H17N3O3. The second kappa shape index (κ2) is 4.98. The first-order valence-electron chi connectivity index (χ1n) is 5.03. The van der Waals surface area contributed by atoms with Gasteiger partial charge in [-0.15, -0.1) is 0 Å². The molecule has 0 spiro atoms. The number of aromatic nitrogens is 1. The molecule has 0 aromatic carbocycles. The summed E-state index contributed by atoms with van der Waals surface area (Å²) in [7, 11) is 5.41. The van der Waals surface area contributed by atoms with Crippen LogP contribution in [-0.2, 0) is 7.05 Å². The summed E-state index contributed by atoms with van der Waals surface area (Å²) in [5, 5.41) is 2.67. The molecule has 1 N–H and O–H groups in total. The van der Waals surface area contributed by atoms with E-state index in [-0.39, 0.29) is 11.5 Å². The van der Waals surface area contributed by atoms with Gasteiger partial charge in [-0.05, 0) is 21.0 Å². The molecule has 16 heavy (non-hydrogen) atoms. The van der Waals surface area contributed by atoms with Gasteiger partial charge < -0.3 is 14.7 Å². The highest BCUT2D eigenvalue weighted by Crippen LogP contribution is 2.01. The molecule has 1 rings (SSSR count). The van der Waals surface area contributed by atoms with Crippen LogP contribution in [0.15, 0.2) is 9.32 Å². The van der Waals surface area contributed by atoms with Crippen molar-refractivity contribution >= 4 is 5.91 Å². The zero-order chi connectivity index (χ0) is 12.3. The Balaban J connectivity index is 2.70. The van der Waals surface area contributed by atoms with Crippen LogP contribution in [-0.4, -0.2) is 42.7 Å². The van der Waals surface area contributed by atoms with Gasteiger partial charge in [0.2, 0.25) is 0 Å².